The van der Waals surface area contributed by atoms with Gasteiger partial charge in [0.2, 0.25) is 0 Å². The lowest BCUT2D eigenvalue weighted by molar-refractivity contribution is -0.245. The number of aliphatic hydroxyl groups is 2. The van der Waals surface area contributed by atoms with Crippen LogP contribution in [0.2, 0.25) is 0 Å². The van der Waals surface area contributed by atoms with Crippen molar-refractivity contribution in [2.24, 2.45) is 40.4 Å². The van der Waals surface area contributed by atoms with Gasteiger partial charge in [-0.25, -0.2) is 0 Å². The molecule has 1 spiro atoms. The van der Waals surface area contributed by atoms with Gasteiger partial charge in [-0.05, 0) is 76.2 Å². The van der Waals surface area contributed by atoms with Crippen molar-refractivity contribution in [3.8, 4) is 0 Å². The number of cyclic esters (lactones) is 1. The Balaban J connectivity index is 1.41. The van der Waals surface area contributed by atoms with E-state index in [2.05, 4.69) is 0 Å². The lowest BCUT2D eigenvalue weighted by Crippen LogP contribution is -2.69. The molecule has 8 nitrogen and oxygen atoms in total. The van der Waals surface area contributed by atoms with E-state index in [-0.39, 0.29) is 47.9 Å². The van der Waals surface area contributed by atoms with Crippen LogP contribution in [0, 0.1) is 40.4 Å². The van der Waals surface area contributed by atoms with Crippen molar-refractivity contribution in [1.82, 2.24) is 0 Å². The fraction of sp³-hybridized carbons (Fsp3) is 0.833. The summed E-state index contributed by atoms with van der Waals surface area (Å²) in [5, 5.41) is 25.0. The van der Waals surface area contributed by atoms with E-state index in [0.29, 0.717) is 32.1 Å². The molecule has 0 bridgehead atoms. The predicted molar refractivity (Wildman–Crippen MR) is 135 cm³/mol. The molecule has 0 unspecified atom stereocenters. The number of carbonyl (C=O) groups excluding carboxylic acids is 3. The second kappa shape index (κ2) is 7.91. The molecule has 8 heteroatoms. The highest BCUT2D eigenvalue weighted by Gasteiger charge is 2.82. The van der Waals surface area contributed by atoms with Gasteiger partial charge in [-0.3, -0.25) is 14.4 Å². The summed E-state index contributed by atoms with van der Waals surface area (Å²) in [6.45, 7) is 10.9. The Morgan fingerprint density at radius 2 is 1.87 bits per heavy atom. The van der Waals surface area contributed by atoms with Gasteiger partial charge in [0.1, 0.15) is 29.0 Å². The maximum atomic E-state index is 13.5. The summed E-state index contributed by atoms with van der Waals surface area (Å²) in [4.78, 5) is 38.4. The smallest absolute Gasteiger partial charge is 0.309 e. The Labute approximate surface area is 224 Å². The van der Waals surface area contributed by atoms with E-state index in [4.69, 9.17) is 14.2 Å². The van der Waals surface area contributed by atoms with Crippen LogP contribution in [0.3, 0.4) is 0 Å². The molecule has 0 aromatic carbocycles. The van der Waals surface area contributed by atoms with Crippen molar-refractivity contribution in [3.05, 3.63) is 12.2 Å². The van der Waals surface area contributed by atoms with Crippen LogP contribution in [0.5, 0.6) is 0 Å². The van der Waals surface area contributed by atoms with Gasteiger partial charge < -0.3 is 24.4 Å². The van der Waals surface area contributed by atoms with Gasteiger partial charge >= 0.3 is 11.9 Å². The molecule has 3 saturated carbocycles. The van der Waals surface area contributed by atoms with Crippen LogP contribution >= 0.6 is 0 Å². The number of rotatable bonds is 3. The third-order valence-electron chi connectivity index (χ3n) is 12.5. The standard InChI is InChI=1S/C30H42O8/c1-15-12-22(37-25(33)16(15)2)28(6,34)20-14-24(36-17(3)31)30(35)19-13-23-29(38-23)10-7-8-21(32)27(29,5)18(19)9-11-26(20,30)4/h7-8,15-16,18-20,22-24,34-35H,9-14H2,1-6H3/t15-,16+,18-,19+,20-,22-,23+,24-,26+,27-,28+,29+,30+/m0/s1. The molecule has 0 radical (unpaired) electrons. The van der Waals surface area contributed by atoms with E-state index in [0.717, 1.165) is 0 Å². The molecule has 38 heavy (non-hydrogen) atoms. The van der Waals surface area contributed by atoms with Gasteiger partial charge in [0, 0.05) is 18.3 Å². The lowest BCUT2D eigenvalue weighted by atomic mass is 9.43. The number of ketones is 1. The SMILES string of the molecule is CC(=O)O[C@H]1C[C@H]([C@@](C)(O)[C@@H]2C[C@H](C)[C@@H](C)C(=O)O2)[C@@]2(C)CC[C@H]3[C@@H](C[C@H]4O[C@]45CC=CC(=O)[C@]35C)[C@@]12O. The van der Waals surface area contributed by atoms with Gasteiger partial charge in [-0.1, -0.05) is 26.8 Å². The Kier molecular flexibility index (Phi) is 5.51. The first-order valence-electron chi connectivity index (χ1n) is 14.4. The van der Waals surface area contributed by atoms with E-state index in [1.165, 1.54) is 6.92 Å². The summed E-state index contributed by atoms with van der Waals surface area (Å²) >= 11 is 0. The summed E-state index contributed by atoms with van der Waals surface area (Å²) in [5.41, 5.74) is -5.05. The molecule has 0 aromatic heterocycles. The molecule has 6 aliphatic rings. The van der Waals surface area contributed by atoms with Gasteiger partial charge in [-0.2, -0.15) is 0 Å². The molecule has 0 amide bonds. The summed E-state index contributed by atoms with van der Waals surface area (Å²) in [6.07, 6.45) is 5.11. The summed E-state index contributed by atoms with van der Waals surface area (Å²) in [5.74, 6) is -1.96. The van der Waals surface area contributed by atoms with E-state index in [1.54, 1.807) is 13.0 Å². The number of ether oxygens (including phenoxy) is 3. The molecule has 2 aliphatic heterocycles. The first-order valence-corrected chi connectivity index (χ1v) is 14.4. The third kappa shape index (κ3) is 3.00. The average Bonchev–Trinajstić information content (AvgIpc) is 3.49. The maximum absolute atomic E-state index is 13.5. The molecule has 5 fully saturated rings. The molecule has 6 rings (SSSR count). The number of carbonyl (C=O) groups is 3. The number of hydrogen-bond acceptors (Lipinski definition) is 8. The summed E-state index contributed by atoms with van der Waals surface area (Å²) in [7, 11) is 0. The quantitative estimate of drug-likeness (QED) is 0.422. The molecule has 2 saturated heterocycles. The molecule has 210 valence electrons. The Morgan fingerprint density at radius 1 is 1.16 bits per heavy atom. The van der Waals surface area contributed by atoms with Crippen LogP contribution in [0.4, 0.5) is 0 Å². The molecule has 2 heterocycles. The van der Waals surface area contributed by atoms with Gasteiger partial charge in [0.25, 0.3) is 0 Å². The van der Waals surface area contributed by atoms with E-state index < -0.39 is 51.7 Å². The highest BCUT2D eigenvalue weighted by Crippen LogP contribution is 2.74. The van der Waals surface area contributed by atoms with E-state index >= 15 is 0 Å². The zero-order valence-electron chi connectivity index (χ0n) is 23.4. The largest absolute Gasteiger partial charge is 0.459 e. The summed E-state index contributed by atoms with van der Waals surface area (Å²) in [6, 6.07) is 0. The zero-order chi connectivity index (χ0) is 27.6. The van der Waals surface area contributed by atoms with Crippen LogP contribution in [-0.2, 0) is 28.6 Å². The summed E-state index contributed by atoms with van der Waals surface area (Å²) < 4.78 is 18.0. The van der Waals surface area contributed by atoms with Crippen molar-refractivity contribution < 1.29 is 38.8 Å². The monoisotopic (exact) mass is 530 g/mol. The minimum Gasteiger partial charge on any atom is -0.459 e. The second-order valence-electron chi connectivity index (χ2n) is 13.9. The van der Waals surface area contributed by atoms with Crippen LogP contribution < -0.4 is 0 Å². The van der Waals surface area contributed by atoms with Crippen LogP contribution in [0.15, 0.2) is 12.2 Å². The van der Waals surface area contributed by atoms with E-state index in [1.807, 2.05) is 33.8 Å². The Hall–Kier alpha value is -1.77. The number of epoxide rings is 1. The first-order chi connectivity index (χ1) is 17.6. The van der Waals surface area contributed by atoms with Crippen molar-refractivity contribution in [3.63, 3.8) is 0 Å². The van der Waals surface area contributed by atoms with Crippen molar-refractivity contribution in [2.45, 2.75) is 115 Å². The molecule has 0 aromatic rings. The van der Waals surface area contributed by atoms with E-state index in [9.17, 15) is 24.6 Å². The minimum absolute atomic E-state index is 0.0379. The van der Waals surface area contributed by atoms with Gasteiger partial charge in [0.15, 0.2) is 5.78 Å². The van der Waals surface area contributed by atoms with Gasteiger partial charge in [-0.15, -0.1) is 0 Å². The third-order valence-corrected chi connectivity index (χ3v) is 12.5. The Morgan fingerprint density at radius 3 is 2.53 bits per heavy atom. The number of esters is 2. The first kappa shape index (κ1) is 26.5. The van der Waals surface area contributed by atoms with Crippen LogP contribution in [0.1, 0.15) is 80.1 Å². The predicted octanol–water partition coefficient (Wildman–Crippen LogP) is 3.12. The minimum atomic E-state index is -1.48. The van der Waals surface area contributed by atoms with Crippen LogP contribution in [-0.4, -0.2) is 63.0 Å². The average molecular weight is 531 g/mol. The highest BCUT2D eigenvalue weighted by molar-refractivity contribution is 5.97. The molecular formula is C30H42O8. The number of hydrogen-bond donors (Lipinski definition) is 2. The molecule has 4 aliphatic carbocycles. The lowest BCUT2D eigenvalue weighted by Gasteiger charge is -2.62. The van der Waals surface area contributed by atoms with Crippen molar-refractivity contribution >= 4 is 17.7 Å². The van der Waals surface area contributed by atoms with Crippen molar-refractivity contribution in [1.29, 1.82) is 0 Å². The normalized spacial score (nSPS) is 54.5. The second-order valence-corrected chi connectivity index (χ2v) is 13.9. The topological polar surface area (TPSA) is 123 Å². The highest BCUT2D eigenvalue weighted by atomic mass is 16.6. The number of allylic oxidation sites excluding steroid dienone is 1. The van der Waals surface area contributed by atoms with Crippen LogP contribution in [0.25, 0.3) is 0 Å². The fourth-order valence-electron chi connectivity index (χ4n) is 9.97. The molecular weight excluding hydrogens is 488 g/mol. The number of fused-ring (bicyclic) bond motifs is 4. The fourth-order valence-corrected chi connectivity index (χ4v) is 9.97. The van der Waals surface area contributed by atoms with Crippen molar-refractivity contribution in [2.75, 3.05) is 0 Å². The van der Waals surface area contributed by atoms with Gasteiger partial charge in [0.05, 0.1) is 17.4 Å². The maximum Gasteiger partial charge on any atom is 0.309 e. The molecule has 13 atom stereocenters. The zero-order valence-corrected chi connectivity index (χ0v) is 23.4. The molecule has 2 N–H and O–H groups in total. The Bertz CT molecular complexity index is 1110.